The van der Waals surface area contributed by atoms with Crippen molar-refractivity contribution in [1.29, 1.82) is 0 Å². The first-order valence-corrected chi connectivity index (χ1v) is 13.8. The molecule has 0 saturated heterocycles. The second-order valence-corrected chi connectivity index (χ2v) is 10.2. The van der Waals surface area contributed by atoms with Crippen LogP contribution in [0.4, 0.5) is 0 Å². The Morgan fingerprint density at radius 1 is 1.11 bits per heavy atom. The number of esters is 1. The van der Waals surface area contributed by atoms with Gasteiger partial charge in [-0.2, -0.15) is 0 Å². The first kappa shape index (κ1) is 26.7. The number of carbonyl (C=O) groups is 1. The fourth-order valence-corrected chi connectivity index (χ4v) is 6.17. The SMILES string of the molecule is C=Cc1cc(C2=CC3=NC=CC3C(Sc3ccc4c(c3)CCCC(C(=O)OC)C4)=C2)ccc1OC.CC. The van der Waals surface area contributed by atoms with Gasteiger partial charge in [0.15, 0.2) is 0 Å². The van der Waals surface area contributed by atoms with Crippen molar-refractivity contribution in [3.05, 3.63) is 94.6 Å². The molecule has 2 aliphatic carbocycles. The maximum Gasteiger partial charge on any atom is 0.308 e. The van der Waals surface area contributed by atoms with Crippen LogP contribution in [0.25, 0.3) is 11.6 Å². The maximum absolute atomic E-state index is 12.1. The number of nitrogens with zero attached hydrogens (tertiary/aromatic N) is 1. The van der Waals surface area contributed by atoms with Gasteiger partial charge in [0.1, 0.15) is 5.75 Å². The zero-order valence-electron chi connectivity index (χ0n) is 22.1. The Kier molecular flexibility index (Phi) is 8.88. The van der Waals surface area contributed by atoms with Crippen molar-refractivity contribution in [2.24, 2.45) is 16.8 Å². The molecule has 4 nitrogen and oxygen atoms in total. The van der Waals surface area contributed by atoms with Gasteiger partial charge < -0.3 is 9.47 Å². The van der Waals surface area contributed by atoms with E-state index in [1.54, 1.807) is 18.9 Å². The van der Waals surface area contributed by atoms with Crippen molar-refractivity contribution < 1.29 is 14.3 Å². The van der Waals surface area contributed by atoms with Crippen molar-refractivity contribution >= 4 is 35.1 Å². The molecule has 0 N–H and O–H groups in total. The van der Waals surface area contributed by atoms with E-state index in [4.69, 9.17) is 9.47 Å². The largest absolute Gasteiger partial charge is 0.496 e. The van der Waals surface area contributed by atoms with Gasteiger partial charge in [-0.25, -0.2) is 0 Å². The highest BCUT2D eigenvalue weighted by molar-refractivity contribution is 8.03. The molecule has 0 bridgehead atoms. The molecule has 0 spiro atoms. The first-order valence-electron chi connectivity index (χ1n) is 13.0. The van der Waals surface area contributed by atoms with Crippen LogP contribution in [0.3, 0.4) is 0 Å². The van der Waals surface area contributed by atoms with E-state index in [1.807, 2.05) is 32.2 Å². The standard InChI is InChI=1S/C30H29NO3S.C2H6/c1-4-19-14-22(9-11-28(19)33-2)24-17-27-26(12-13-31-27)29(18-24)35-25-10-8-21-15-23(30(32)34-3)7-5-6-20(21)16-25;1-2/h4,8-14,16-18,23,26H,1,5-7,15H2,2-3H3;1-2H3. The molecule has 0 aromatic heterocycles. The van der Waals surface area contributed by atoms with E-state index >= 15 is 0 Å². The summed E-state index contributed by atoms with van der Waals surface area (Å²) in [6.45, 7) is 7.93. The molecule has 2 unspecified atom stereocenters. The van der Waals surface area contributed by atoms with Gasteiger partial charge in [-0.3, -0.25) is 9.79 Å². The Bertz CT molecular complexity index is 1300. The Labute approximate surface area is 224 Å². The molecule has 2 atom stereocenters. The molecule has 0 radical (unpaired) electrons. The number of aryl methyl sites for hydroxylation is 1. The summed E-state index contributed by atoms with van der Waals surface area (Å²) in [7, 11) is 3.16. The van der Waals surface area contributed by atoms with Gasteiger partial charge in [0.05, 0.1) is 31.8 Å². The number of thioether (sulfide) groups is 1. The zero-order chi connectivity index (χ0) is 26.4. The van der Waals surface area contributed by atoms with Crippen molar-refractivity contribution in [3.8, 4) is 5.75 Å². The van der Waals surface area contributed by atoms with Crippen molar-refractivity contribution in [1.82, 2.24) is 0 Å². The van der Waals surface area contributed by atoms with Crippen LogP contribution in [0, 0.1) is 11.8 Å². The molecule has 3 aliphatic rings. The average molecular weight is 514 g/mol. The van der Waals surface area contributed by atoms with E-state index in [1.165, 1.54) is 28.0 Å². The number of benzene rings is 2. The molecule has 2 aromatic carbocycles. The van der Waals surface area contributed by atoms with E-state index in [2.05, 4.69) is 60.1 Å². The van der Waals surface area contributed by atoms with Crippen LogP contribution >= 0.6 is 11.8 Å². The van der Waals surface area contributed by atoms with E-state index in [0.717, 1.165) is 53.8 Å². The maximum atomic E-state index is 12.1. The van der Waals surface area contributed by atoms with Crippen LogP contribution in [-0.2, 0) is 22.4 Å². The molecular formula is C32H35NO3S. The van der Waals surface area contributed by atoms with Crippen LogP contribution in [-0.4, -0.2) is 25.9 Å². The average Bonchev–Trinajstić information content (AvgIpc) is 3.33. The summed E-state index contributed by atoms with van der Waals surface area (Å²) in [6.07, 6.45) is 14.0. The number of fused-ring (bicyclic) bond motifs is 2. The predicted molar refractivity (Wildman–Crippen MR) is 155 cm³/mol. The zero-order valence-corrected chi connectivity index (χ0v) is 22.9. The Balaban J connectivity index is 0.00000156. The lowest BCUT2D eigenvalue weighted by Crippen LogP contribution is -2.17. The number of hydrogen-bond acceptors (Lipinski definition) is 5. The van der Waals surface area contributed by atoms with E-state index in [-0.39, 0.29) is 17.8 Å². The number of allylic oxidation sites excluding steroid dienone is 5. The summed E-state index contributed by atoms with van der Waals surface area (Å²) in [5, 5.41) is 0. The van der Waals surface area contributed by atoms with Gasteiger partial charge >= 0.3 is 5.97 Å². The highest BCUT2D eigenvalue weighted by Crippen LogP contribution is 2.42. The van der Waals surface area contributed by atoms with Gasteiger partial charge in [0.25, 0.3) is 0 Å². The summed E-state index contributed by atoms with van der Waals surface area (Å²) < 4.78 is 10.5. The summed E-state index contributed by atoms with van der Waals surface area (Å²) in [4.78, 5) is 19.2. The second-order valence-electron chi connectivity index (χ2n) is 9.03. The molecule has 1 heterocycles. The molecule has 1 aliphatic heterocycles. The number of methoxy groups -OCH3 is 2. The van der Waals surface area contributed by atoms with Crippen molar-refractivity contribution in [2.75, 3.05) is 14.2 Å². The Morgan fingerprint density at radius 3 is 2.70 bits per heavy atom. The van der Waals surface area contributed by atoms with Crippen molar-refractivity contribution in [2.45, 2.75) is 44.4 Å². The summed E-state index contributed by atoms with van der Waals surface area (Å²) in [5.74, 6) is 0.862. The minimum atomic E-state index is -0.0963. The minimum Gasteiger partial charge on any atom is -0.496 e. The highest BCUT2D eigenvalue weighted by Gasteiger charge is 2.27. The van der Waals surface area contributed by atoms with E-state index in [0.29, 0.717) is 0 Å². The lowest BCUT2D eigenvalue weighted by atomic mass is 9.91. The summed E-state index contributed by atoms with van der Waals surface area (Å²) >= 11 is 1.80. The number of carbonyl (C=O) groups excluding carboxylic acids is 1. The molecule has 5 heteroatoms. The molecule has 2 aromatic rings. The number of hydrogen-bond donors (Lipinski definition) is 0. The van der Waals surface area contributed by atoms with Crippen LogP contribution in [0.15, 0.2) is 82.2 Å². The number of rotatable bonds is 6. The molecule has 0 fully saturated rings. The normalized spacial score (nSPS) is 19.6. The van der Waals surface area contributed by atoms with E-state index < -0.39 is 0 Å². The van der Waals surface area contributed by atoms with Crippen LogP contribution in [0.5, 0.6) is 5.75 Å². The first-order chi connectivity index (χ1) is 18.1. The third-order valence-corrected chi connectivity index (χ3v) is 8.02. The van der Waals surface area contributed by atoms with Crippen LogP contribution in [0.2, 0.25) is 0 Å². The van der Waals surface area contributed by atoms with Gasteiger partial charge in [0, 0.05) is 21.6 Å². The topological polar surface area (TPSA) is 47.9 Å². The predicted octanol–water partition coefficient (Wildman–Crippen LogP) is 7.69. The van der Waals surface area contributed by atoms with Crippen LogP contribution < -0.4 is 4.74 Å². The summed E-state index contributed by atoms with van der Waals surface area (Å²) in [5.41, 5.74) is 6.89. The lowest BCUT2D eigenvalue weighted by molar-refractivity contribution is -0.145. The van der Waals surface area contributed by atoms with Crippen LogP contribution in [0.1, 0.15) is 48.9 Å². The molecule has 5 rings (SSSR count). The Morgan fingerprint density at radius 2 is 1.95 bits per heavy atom. The van der Waals surface area contributed by atoms with Crippen molar-refractivity contribution in [3.63, 3.8) is 0 Å². The van der Waals surface area contributed by atoms with E-state index in [9.17, 15) is 4.79 Å². The molecule has 0 saturated carbocycles. The quantitative estimate of drug-likeness (QED) is 0.293. The highest BCUT2D eigenvalue weighted by atomic mass is 32.2. The summed E-state index contributed by atoms with van der Waals surface area (Å²) in [6, 6.07) is 12.9. The molecule has 192 valence electrons. The molecular weight excluding hydrogens is 478 g/mol. The third kappa shape index (κ3) is 5.83. The molecule has 0 amide bonds. The third-order valence-electron chi connectivity index (χ3n) is 6.92. The van der Waals surface area contributed by atoms with Gasteiger partial charge in [-0.05, 0) is 84.4 Å². The fourth-order valence-electron chi connectivity index (χ4n) is 5.05. The van der Waals surface area contributed by atoms with Gasteiger partial charge in [-0.1, -0.05) is 56.5 Å². The van der Waals surface area contributed by atoms with Gasteiger partial charge in [0.2, 0.25) is 0 Å². The second kappa shape index (κ2) is 12.3. The lowest BCUT2D eigenvalue weighted by Gasteiger charge is -2.21. The fraction of sp³-hybridized carbons (Fsp3) is 0.312. The smallest absolute Gasteiger partial charge is 0.308 e. The molecule has 37 heavy (non-hydrogen) atoms. The number of ether oxygens (including phenoxy) is 2. The monoisotopic (exact) mass is 513 g/mol. The number of aliphatic imine (C=N–C) groups is 1. The Hall–Kier alpha value is -3.31. The van der Waals surface area contributed by atoms with Gasteiger partial charge in [-0.15, -0.1) is 0 Å². The minimum absolute atomic E-state index is 0.0409.